The van der Waals surface area contributed by atoms with Crippen molar-refractivity contribution in [2.24, 2.45) is 0 Å². The predicted octanol–water partition coefficient (Wildman–Crippen LogP) is 3.48. The fourth-order valence-electron chi connectivity index (χ4n) is 3.10. The number of amides is 1. The van der Waals surface area contributed by atoms with Crippen molar-refractivity contribution in [2.75, 3.05) is 14.8 Å². The van der Waals surface area contributed by atoms with E-state index in [1.807, 2.05) is 0 Å². The van der Waals surface area contributed by atoms with Gasteiger partial charge in [-0.1, -0.05) is 23.2 Å². The minimum absolute atomic E-state index is 0.00799. The Balaban J connectivity index is 2.03. The maximum atomic E-state index is 12.9. The van der Waals surface area contributed by atoms with Crippen molar-refractivity contribution < 1.29 is 21.6 Å². The van der Waals surface area contributed by atoms with E-state index in [1.54, 1.807) is 0 Å². The summed E-state index contributed by atoms with van der Waals surface area (Å²) in [5, 5.41) is 0.487. The summed E-state index contributed by atoms with van der Waals surface area (Å²) in [6.45, 7) is 3.07. The molecule has 1 saturated heterocycles. The van der Waals surface area contributed by atoms with Gasteiger partial charge in [0.15, 0.2) is 0 Å². The zero-order valence-corrected chi connectivity index (χ0v) is 18.0. The summed E-state index contributed by atoms with van der Waals surface area (Å²) >= 11 is 11.8. The number of benzene rings is 2. The first-order valence-electron chi connectivity index (χ1n) is 8.07. The minimum Gasteiger partial charge on any atom is -0.280 e. The van der Waals surface area contributed by atoms with Gasteiger partial charge in [-0.2, -0.15) is 0 Å². The number of nitrogens with zero attached hydrogens (tertiary/aromatic N) is 1. The number of rotatable bonds is 4. The van der Waals surface area contributed by atoms with Gasteiger partial charge in [-0.25, -0.2) is 21.1 Å². The summed E-state index contributed by atoms with van der Waals surface area (Å²) in [6, 6.07) is 7.07. The summed E-state index contributed by atoms with van der Waals surface area (Å²) in [4.78, 5) is 12.0. The smallest absolute Gasteiger partial charge is 0.262 e. The number of nitrogens with one attached hydrogen (secondary N) is 1. The fraction of sp³-hybridized carbons (Fsp3) is 0.235. The van der Waals surface area contributed by atoms with E-state index < -0.39 is 26.0 Å². The molecule has 0 radical (unpaired) electrons. The van der Waals surface area contributed by atoms with E-state index in [-0.39, 0.29) is 38.5 Å². The average molecular weight is 463 g/mol. The molecular weight excluding hydrogens is 447 g/mol. The van der Waals surface area contributed by atoms with Gasteiger partial charge in [0.25, 0.3) is 10.0 Å². The molecule has 150 valence electrons. The molecule has 0 bridgehead atoms. The van der Waals surface area contributed by atoms with Crippen LogP contribution in [0.5, 0.6) is 0 Å². The Bertz CT molecular complexity index is 1170. The van der Waals surface area contributed by atoms with Gasteiger partial charge < -0.3 is 0 Å². The van der Waals surface area contributed by atoms with Crippen molar-refractivity contribution in [1.29, 1.82) is 0 Å². The summed E-state index contributed by atoms with van der Waals surface area (Å²) in [6.07, 6.45) is -0.0979. The topological polar surface area (TPSA) is 101 Å². The number of anilines is 2. The van der Waals surface area contributed by atoms with Gasteiger partial charge in [-0.15, -0.1) is 0 Å². The fourth-order valence-corrected chi connectivity index (χ4v) is 6.35. The van der Waals surface area contributed by atoms with E-state index in [1.165, 1.54) is 44.2 Å². The molecule has 2 aromatic rings. The highest BCUT2D eigenvalue weighted by molar-refractivity contribution is 7.94. The van der Waals surface area contributed by atoms with Crippen molar-refractivity contribution in [3.05, 3.63) is 51.5 Å². The molecule has 1 N–H and O–H groups in total. The number of halogens is 2. The molecule has 0 atom stereocenters. The summed E-state index contributed by atoms with van der Waals surface area (Å²) in [7, 11) is -7.73. The molecule has 3 rings (SSSR count). The van der Waals surface area contributed by atoms with Gasteiger partial charge in [0.2, 0.25) is 15.9 Å². The van der Waals surface area contributed by atoms with E-state index in [0.29, 0.717) is 11.1 Å². The van der Waals surface area contributed by atoms with Crippen LogP contribution >= 0.6 is 23.2 Å². The van der Waals surface area contributed by atoms with Gasteiger partial charge >= 0.3 is 0 Å². The molecule has 0 spiro atoms. The van der Waals surface area contributed by atoms with E-state index in [2.05, 4.69) is 4.72 Å². The molecule has 2 aromatic carbocycles. The minimum atomic E-state index is -3.99. The average Bonchev–Trinajstić information content (AvgIpc) is 2.82. The third kappa shape index (κ3) is 3.84. The molecule has 0 unspecified atom stereocenters. The van der Waals surface area contributed by atoms with E-state index in [4.69, 9.17) is 23.2 Å². The third-order valence-electron chi connectivity index (χ3n) is 4.20. The van der Waals surface area contributed by atoms with Gasteiger partial charge in [0.05, 0.1) is 32.1 Å². The van der Waals surface area contributed by atoms with Crippen LogP contribution in [0, 0.1) is 13.8 Å². The SMILES string of the molecule is Cc1cc(N2C(=O)CCS2(=O)=O)cc(C)c1S(=O)(=O)Nc1ccc(Cl)c(Cl)c1. The maximum Gasteiger partial charge on any atom is 0.262 e. The van der Waals surface area contributed by atoms with Crippen molar-refractivity contribution in [3.63, 3.8) is 0 Å². The predicted molar refractivity (Wildman–Crippen MR) is 109 cm³/mol. The Morgan fingerprint density at radius 2 is 1.64 bits per heavy atom. The monoisotopic (exact) mass is 462 g/mol. The lowest BCUT2D eigenvalue weighted by Gasteiger charge is -2.19. The second-order valence-electron chi connectivity index (χ2n) is 6.37. The van der Waals surface area contributed by atoms with Gasteiger partial charge in [-0.05, 0) is 55.3 Å². The molecule has 11 heteroatoms. The number of aryl methyl sites for hydroxylation is 2. The van der Waals surface area contributed by atoms with E-state index in [9.17, 15) is 21.6 Å². The van der Waals surface area contributed by atoms with E-state index in [0.717, 1.165) is 4.31 Å². The summed E-state index contributed by atoms with van der Waals surface area (Å²) < 4.78 is 53.2. The molecular formula is C17H16Cl2N2O5S2. The van der Waals surface area contributed by atoms with Crippen LogP contribution in [0.3, 0.4) is 0 Å². The highest BCUT2D eigenvalue weighted by Gasteiger charge is 2.37. The highest BCUT2D eigenvalue weighted by atomic mass is 35.5. The van der Waals surface area contributed by atoms with E-state index >= 15 is 0 Å². The Labute approximate surface area is 173 Å². The van der Waals surface area contributed by atoms with Crippen LogP contribution in [-0.2, 0) is 24.8 Å². The van der Waals surface area contributed by atoms with Gasteiger partial charge in [-0.3, -0.25) is 9.52 Å². The largest absolute Gasteiger partial charge is 0.280 e. The molecule has 1 heterocycles. The first-order chi connectivity index (χ1) is 12.9. The Morgan fingerprint density at radius 1 is 1.04 bits per heavy atom. The summed E-state index contributed by atoms with van der Waals surface area (Å²) in [5.74, 6) is -0.800. The first-order valence-corrected chi connectivity index (χ1v) is 11.9. The number of sulfonamides is 2. The van der Waals surface area contributed by atoms with Crippen molar-refractivity contribution in [3.8, 4) is 0 Å². The standard InChI is InChI=1S/C17H16Cl2N2O5S2/c1-10-7-13(21-16(22)5-6-27(21,23)24)8-11(2)17(10)28(25,26)20-12-3-4-14(18)15(19)9-12/h3-4,7-9,20H,5-6H2,1-2H3. The van der Waals surface area contributed by atoms with Crippen molar-refractivity contribution in [1.82, 2.24) is 0 Å². The third-order valence-corrected chi connectivity index (χ3v) is 8.31. The highest BCUT2D eigenvalue weighted by Crippen LogP contribution is 2.32. The number of hydrogen-bond acceptors (Lipinski definition) is 5. The maximum absolute atomic E-state index is 12.9. The normalized spacial score (nSPS) is 16.4. The quantitative estimate of drug-likeness (QED) is 0.749. The van der Waals surface area contributed by atoms with Crippen molar-refractivity contribution >= 4 is 60.5 Å². The molecule has 1 aliphatic rings. The summed E-state index contributed by atoms with van der Waals surface area (Å²) in [5.41, 5.74) is 0.968. The second-order valence-corrected chi connectivity index (χ2v) is 10.7. The first kappa shape index (κ1) is 20.9. The number of hydrogen-bond donors (Lipinski definition) is 1. The van der Waals surface area contributed by atoms with Crippen LogP contribution in [-0.4, -0.2) is 28.5 Å². The Morgan fingerprint density at radius 3 is 2.14 bits per heavy atom. The molecule has 0 aliphatic carbocycles. The van der Waals surface area contributed by atoms with Crippen LogP contribution in [0.4, 0.5) is 11.4 Å². The van der Waals surface area contributed by atoms with Crippen LogP contribution < -0.4 is 9.03 Å². The van der Waals surface area contributed by atoms with Crippen LogP contribution in [0.1, 0.15) is 17.5 Å². The van der Waals surface area contributed by atoms with Crippen LogP contribution in [0.15, 0.2) is 35.2 Å². The lowest BCUT2D eigenvalue weighted by Crippen LogP contribution is -2.29. The van der Waals surface area contributed by atoms with Gasteiger partial charge in [0.1, 0.15) is 0 Å². The van der Waals surface area contributed by atoms with Crippen LogP contribution in [0.2, 0.25) is 10.0 Å². The van der Waals surface area contributed by atoms with Gasteiger partial charge in [0, 0.05) is 6.42 Å². The lowest BCUT2D eigenvalue weighted by atomic mass is 10.1. The molecule has 28 heavy (non-hydrogen) atoms. The Hall–Kier alpha value is -1.81. The second kappa shape index (κ2) is 7.22. The molecule has 1 aliphatic heterocycles. The number of carbonyl (C=O) groups is 1. The molecule has 0 aromatic heterocycles. The lowest BCUT2D eigenvalue weighted by molar-refractivity contribution is -0.116. The molecule has 1 amide bonds. The van der Waals surface area contributed by atoms with Crippen molar-refractivity contribution in [2.45, 2.75) is 25.2 Å². The molecule has 7 nitrogen and oxygen atoms in total. The zero-order chi connectivity index (χ0) is 20.9. The van der Waals surface area contributed by atoms with Crippen LogP contribution in [0.25, 0.3) is 0 Å². The Kier molecular flexibility index (Phi) is 5.39. The molecule has 1 fully saturated rings. The number of carbonyl (C=O) groups excluding carboxylic acids is 1. The molecule has 0 saturated carbocycles. The zero-order valence-electron chi connectivity index (χ0n) is 14.9.